The third-order valence-electron chi connectivity index (χ3n) is 4.50. The Kier molecular flexibility index (Phi) is 7.17. The summed E-state index contributed by atoms with van der Waals surface area (Å²) in [5.41, 5.74) is 2.04. The average molecular weight is 437 g/mol. The molecular formula is C22H23N5O5. The molecule has 0 atom stereocenters. The lowest BCUT2D eigenvalue weighted by Crippen LogP contribution is -2.21. The van der Waals surface area contributed by atoms with Crippen molar-refractivity contribution in [3.63, 3.8) is 0 Å². The van der Waals surface area contributed by atoms with Gasteiger partial charge in [0, 0.05) is 11.4 Å². The average Bonchev–Trinajstić information content (AvgIpc) is 3.15. The van der Waals surface area contributed by atoms with Crippen LogP contribution < -0.4 is 15.4 Å². The molecule has 2 aromatic carbocycles. The number of anilines is 2. The van der Waals surface area contributed by atoms with Crippen LogP contribution in [0.3, 0.4) is 0 Å². The minimum atomic E-state index is -0.461. The van der Waals surface area contributed by atoms with Gasteiger partial charge in [-0.2, -0.15) is 0 Å². The first-order valence-electron chi connectivity index (χ1n) is 9.83. The molecule has 0 saturated carbocycles. The Balaban J connectivity index is 1.60. The quantitative estimate of drug-likeness (QED) is 0.519. The number of esters is 1. The van der Waals surface area contributed by atoms with Crippen molar-refractivity contribution in [2.45, 2.75) is 20.4 Å². The Morgan fingerprint density at radius 1 is 0.969 bits per heavy atom. The molecule has 2 N–H and O–H groups in total. The Labute approximate surface area is 184 Å². The molecule has 32 heavy (non-hydrogen) atoms. The summed E-state index contributed by atoms with van der Waals surface area (Å²) in [6.07, 6.45) is 0. The number of hydrogen-bond donors (Lipinski definition) is 2. The lowest BCUT2D eigenvalue weighted by Gasteiger charge is -2.08. The van der Waals surface area contributed by atoms with Crippen LogP contribution in [0.2, 0.25) is 0 Å². The second kappa shape index (κ2) is 10.2. The van der Waals surface area contributed by atoms with Crippen molar-refractivity contribution in [1.82, 2.24) is 15.0 Å². The van der Waals surface area contributed by atoms with Crippen molar-refractivity contribution < 1.29 is 23.9 Å². The number of methoxy groups -OCH3 is 1. The first kappa shape index (κ1) is 22.5. The van der Waals surface area contributed by atoms with Crippen LogP contribution in [-0.4, -0.2) is 46.5 Å². The van der Waals surface area contributed by atoms with Gasteiger partial charge in [-0.25, -0.2) is 9.48 Å². The summed E-state index contributed by atoms with van der Waals surface area (Å²) in [7, 11) is 1.30. The van der Waals surface area contributed by atoms with Crippen LogP contribution in [0.15, 0.2) is 48.5 Å². The van der Waals surface area contributed by atoms with E-state index in [9.17, 15) is 14.4 Å². The highest BCUT2D eigenvalue weighted by Gasteiger charge is 2.18. The number of aromatic nitrogens is 3. The zero-order valence-corrected chi connectivity index (χ0v) is 17.9. The van der Waals surface area contributed by atoms with Crippen LogP contribution >= 0.6 is 0 Å². The highest BCUT2D eigenvalue weighted by molar-refractivity contribution is 6.03. The number of amides is 2. The van der Waals surface area contributed by atoms with Gasteiger partial charge in [-0.3, -0.25) is 9.59 Å². The van der Waals surface area contributed by atoms with Crippen molar-refractivity contribution in [2.24, 2.45) is 0 Å². The Morgan fingerprint density at radius 3 is 2.22 bits per heavy atom. The van der Waals surface area contributed by atoms with Crippen molar-refractivity contribution in [3.8, 4) is 5.75 Å². The third-order valence-corrected chi connectivity index (χ3v) is 4.50. The molecule has 166 valence electrons. The molecule has 3 aromatic rings. The van der Waals surface area contributed by atoms with Crippen molar-refractivity contribution >= 4 is 29.2 Å². The number of carbonyl (C=O) groups is 3. The van der Waals surface area contributed by atoms with E-state index in [4.69, 9.17) is 4.74 Å². The monoisotopic (exact) mass is 437 g/mol. The van der Waals surface area contributed by atoms with Gasteiger partial charge in [-0.15, -0.1) is 5.10 Å². The normalized spacial score (nSPS) is 10.3. The molecule has 2 amide bonds. The van der Waals surface area contributed by atoms with Gasteiger partial charge in [-0.1, -0.05) is 5.21 Å². The highest BCUT2D eigenvalue weighted by Crippen LogP contribution is 2.17. The lowest BCUT2D eigenvalue weighted by molar-refractivity contribution is -0.117. The van der Waals surface area contributed by atoms with Gasteiger partial charge in [0.1, 0.15) is 12.3 Å². The molecular weight excluding hydrogens is 414 g/mol. The Morgan fingerprint density at radius 2 is 1.59 bits per heavy atom. The molecule has 10 heteroatoms. The van der Waals surface area contributed by atoms with Crippen LogP contribution in [0.4, 0.5) is 11.4 Å². The molecule has 0 aliphatic carbocycles. The molecule has 10 nitrogen and oxygen atoms in total. The van der Waals surface area contributed by atoms with Gasteiger partial charge in [0.25, 0.3) is 5.91 Å². The maximum Gasteiger partial charge on any atom is 0.337 e. The molecule has 3 rings (SSSR count). The van der Waals surface area contributed by atoms with E-state index < -0.39 is 11.9 Å². The largest absolute Gasteiger partial charge is 0.494 e. The minimum Gasteiger partial charge on any atom is -0.494 e. The standard InChI is InChI=1S/C22H23N5O5/c1-4-32-18-11-9-17(10-12-18)24-21(29)20-14(2)27(26-25-20)13-19(28)23-16-7-5-15(6-8-16)22(30)31-3/h5-12H,4,13H2,1-3H3,(H,23,28)(H,24,29). The van der Waals surface area contributed by atoms with Gasteiger partial charge >= 0.3 is 5.97 Å². The summed E-state index contributed by atoms with van der Waals surface area (Å²) in [6.45, 7) is 3.97. The fourth-order valence-electron chi connectivity index (χ4n) is 2.86. The second-order valence-electron chi connectivity index (χ2n) is 6.71. The zero-order valence-electron chi connectivity index (χ0n) is 17.9. The van der Waals surface area contributed by atoms with E-state index >= 15 is 0 Å². The molecule has 0 aliphatic rings. The van der Waals surface area contributed by atoms with Gasteiger partial charge in [0.05, 0.1) is 25.0 Å². The van der Waals surface area contributed by atoms with E-state index in [2.05, 4.69) is 25.7 Å². The van der Waals surface area contributed by atoms with Crippen molar-refractivity contribution in [2.75, 3.05) is 24.4 Å². The molecule has 1 heterocycles. The second-order valence-corrected chi connectivity index (χ2v) is 6.71. The summed E-state index contributed by atoms with van der Waals surface area (Å²) in [4.78, 5) is 36.4. The van der Waals surface area contributed by atoms with Gasteiger partial charge in [-0.05, 0) is 62.4 Å². The van der Waals surface area contributed by atoms with E-state index in [1.165, 1.54) is 11.8 Å². The highest BCUT2D eigenvalue weighted by atomic mass is 16.5. The topological polar surface area (TPSA) is 124 Å². The molecule has 0 bridgehead atoms. The van der Waals surface area contributed by atoms with Gasteiger partial charge in [0.15, 0.2) is 5.69 Å². The maximum atomic E-state index is 12.6. The molecule has 0 saturated heterocycles. The smallest absolute Gasteiger partial charge is 0.337 e. The Bertz CT molecular complexity index is 1110. The fraction of sp³-hybridized carbons (Fsp3) is 0.227. The van der Waals surface area contributed by atoms with E-state index in [1.807, 2.05) is 6.92 Å². The summed E-state index contributed by atoms with van der Waals surface area (Å²) in [5.74, 6) is -0.547. The van der Waals surface area contributed by atoms with E-state index in [-0.39, 0.29) is 18.1 Å². The molecule has 1 aromatic heterocycles. The number of hydrogen-bond acceptors (Lipinski definition) is 7. The fourth-order valence-corrected chi connectivity index (χ4v) is 2.86. The van der Waals surface area contributed by atoms with Crippen LogP contribution in [0, 0.1) is 6.92 Å². The van der Waals surface area contributed by atoms with Crippen LogP contribution in [0.1, 0.15) is 33.5 Å². The number of nitrogens with one attached hydrogen (secondary N) is 2. The van der Waals surface area contributed by atoms with Crippen LogP contribution in [-0.2, 0) is 16.1 Å². The number of carbonyl (C=O) groups excluding carboxylic acids is 3. The first-order chi connectivity index (χ1) is 15.4. The minimum absolute atomic E-state index is 0.120. The maximum absolute atomic E-state index is 12.6. The lowest BCUT2D eigenvalue weighted by atomic mass is 10.2. The third kappa shape index (κ3) is 5.48. The number of benzene rings is 2. The van der Waals surface area contributed by atoms with E-state index in [1.54, 1.807) is 55.5 Å². The molecule has 0 aliphatic heterocycles. The number of rotatable bonds is 8. The molecule has 0 fully saturated rings. The van der Waals surface area contributed by atoms with Crippen LogP contribution in [0.25, 0.3) is 0 Å². The predicted octanol–water partition coefficient (Wildman–Crippen LogP) is 2.66. The first-order valence-corrected chi connectivity index (χ1v) is 9.83. The predicted molar refractivity (Wildman–Crippen MR) is 117 cm³/mol. The summed E-state index contributed by atoms with van der Waals surface area (Å²) >= 11 is 0. The summed E-state index contributed by atoms with van der Waals surface area (Å²) < 4.78 is 11.4. The number of ether oxygens (including phenoxy) is 2. The zero-order chi connectivity index (χ0) is 23.1. The Hall–Kier alpha value is -4.21. The van der Waals surface area contributed by atoms with Crippen LogP contribution in [0.5, 0.6) is 5.75 Å². The SMILES string of the molecule is CCOc1ccc(NC(=O)c2nnn(CC(=O)Nc3ccc(C(=O)OC)cc3)c2C)cc1. The van der Waals surface area contributed by atoms with E-state index in [0.717, 1.165) is 0 Å². The molecule has 0 spiro atoms. The molecule has 0 radical (unpaired) electrons. The summed E-state index contributed by atoms with van der Waals surface area (Å²) in [5, 5.41) is 13.3. The van der Waals surface area contributed by atoms with Gasteiger partial charge in [0.2, 0.25) is 5.91 Å². The van der Waals surface area contributed by atoms with Crippen molar-refractivity contribution in [3.05, 3.63) is 65.5 Å². The van der Waals surface area contributed by atoms with E-state index in [0.29, 0.717) is 35.0 Å². The van der Waals surface area contributed by atoms with Crippen molar-refractivity contribution in [1.29, 1.82) is 0 Å². The molecule has 0 unspecified atom stereocenters. The number of nitrogens with zero attached hydrogens (tertiary/aromatic N) is 3. The summed E-state index contributed by atoms with van der Waals surface area (Å²) in [6, 6.07) is 13.2. The van der Waals surface area contributed by atoms with Gasteiger partial charge < -0.3 is 20.1 Å².